The largest absolute Gasteiger partial charge is 0.300 e. The number of Topliss-reactive ketones (excluding diaryl/α,β-unsaturated/α-hetero) is 1. The summed E-state index contributed by atoms with van der Waals surface area (Å²) in [6.07, 6.45) is 9.31. The van der Waals surface area contributed by atoms with Crippen molar-refractivity contribution >= 4 is 11.4 Å². The van der Waals surface area contributed by atoms with E-state index in [2.05, 4.69) is 22.1 Å². The van der Waals surface area contributed by atoms with Crippen LogP contribution < -0.4 is 0 Å². The second kappa shape index (κ2) is 4.91. The van der Waals surface area contributed by atoms with E-state index in [1.807, 2.05) is 22.7 Å². The van der Waals surface area contributed by atoms with Gasteiger partial charge in [-0.15, -0.1) is 10.2 Å². The van der Waals surface area contributed by atoms with E-state index in [0.29, 0.717) is 12.1 Å². The third-order valence-corrected chi connectivity index (χ3v) is 5.29. The van der Waals surface area contributed by atoms with E-state index >= 15 is 0 Å². The minimum absolute atomic E-state index is 0.172. The maximum atomic E-state index is 12.8. The highest BCUT2D eigenvalue weighted by Gasteiger charge is 2.38. The molecule has 5 nitrogen and oxygen atoms in total. The maximum absolute atomic E-state index is 12.8. The van der Waals surface area contributed by atoms with Crippen molar-refractivity contribution in [3.05, 3.63) is 30.2 Å². The van der Waals surface area contributed by atoms with Crippen LogP contribution in [-0.2, 0) is 0 Å². The Kier molecular flexibility index (Phi) is 3.03. The highest BCUT2D eigenvalue weighted by atomic mass is 16.1. The average Bonchev–Trinajstić information content (AvgIpc) is 2.93. The summed E-state index contributed by atoms with van der Waals surface area (Å²) in [5.74, 6) is 0.459. The number of nitrogens with zero attached hydrogens (tertiary/aromatic N) is 4. The number of hydrogen-bond donors (Lipinski definition) is 0. The first-order chi connectivity index (χ1) is 10.2. The Bertz CT molecular complexity index is 666. The number of pyridine rings is 1. The van der Waals surface area contributed by atoms with Gasteiger partial charge in [-0.2, -0.15) is 0 Å². The molecule has 4 heterocycles. The number of piperidine rings is 2. The van der Waals surface area contributed by atoms with Crippen molar-refractivity contribution in [1.29, 1.82) is 0 Å². The summed E-state index contributed by atoms with van der Waals surface area (Å²) in [4.78, 5) is 15.3. The summed E-state index contributed by atoms with van der Waals surface area (Å²) in [6, 6.07) is 4.94. The van der Waals surface area contributed by atoms with Gasteiger partial charge in [-0.05, 0) is 44.9 Å². The number of carbonyl (C=O) groups excluding carboxylic acids is 1. The molecular weight excluding hydrogens is 264 g/mol. The first-order valence-electron chi connectivity index (χ1n) is 7.78. The van der Waals surface area contributed by atoms with Gasteiger partial charge in [-0.3, -0.25) is 9.20 Å². The molecule has 2 aliphatic rings. The lowest BCUT2D eigenvalue weighted by atomic mass is 9.76. The number of hydrogen-bond acceptors (Lipinski definition) is 4. The molecular formula is C16H20N4O. The van der Waals surface area contributed by atoms with Crippen molar-refractivity contribution in [3.63, 3.8) is 0 Å². The van der Waals surface area contributed by atoms with Gasteiger partial charge in [0.05, 0.1) is 0 Å². The van der Waals surface area contributed by atoms with Crippen LogP contribution in [0.25, 0.3) is 5.65 Å². The van der Waals surface area contributed by atoms with Crippen molar-refractivity contribution in [2.24, 2.45) is 5.92 Å². The summed E-state index contributed by atoms with van der Waals surface area (Å²) in [5.41, 5.74) is 1.57. The Morgan fingerprint density at radius 2 is 2.00 bits per heavy atom. The monoisotopic (exact) mass is 284 g/mol. The van der Waals surface area contributed by atoms with Crippen molar-refractivity contribution in [3.8, 4) is 0 Å². The number of ketones is 1. The molecule has 0 spiro atoms. The fraction of sp³-hybridized carbons (Fsp3) is 0.562. The minimum Gasteiger partial charge on any atom is -0.300 e. The van der Waals surface area contributed by atoms with Crippen LogP contribution in [0.4, 0.5) is 0 Å². The fourth-order valence-corrected chi connectivity index (χ4v) is 4.04. The normalized spacial score (nSPS) is 29.7. The number of rotatable bonds is 2. The van der Waals surface area contributed by atoms with Crippen molar-refractivity contribution < 1.29 is 4.79 Å². The van der Waals surface area contributed by atoms with Crippen molar-refractivity contribution in [1.82, 2.24) is 19.5 Å². The number of fused-ring (bicyclic) bond motifs is 3. The van der Waals surface area contributed by atoms with Crippen LogP contribution in [0.1, 0.15) is 42.5 Å². The number of aromatic nitrogens is 3. The van der Waals surface area contributed by atoms with E-state index in [9.17, 15) is 4.79 Å². The van der Waals surface area contributed by atoms with E-state index in [0.717, 1.165) is 24.1 Å². The molecule has 2 aliphatic heterocycles. The number of carbonyl (C=O) groups is 1. The van der Waals surface area contributed by atoms with Gasteiger partial charge in [0.25, 0.3) is 0 Å². The van der Waals surface area contributed by atoms with E-state index in [1.54, 1.807) is 6.33 Å². The summed E-state index contributed by atoms with van der Waals surface area (Å²) in [6.45, 7) is 0. The third-order valence-electron chi connectivity index (χ3n) is 5.29. The molecule has 110 valence electrons. The molecule has 0 aromatic carbocycles. The highest BCUT2D eigenvalue weighted by molar-refractivity contribution is 5.98. The lowest BCUT2D eigenvalue weighted by molar-refractivity contribution is 0.0338. The Hall–Kier alpha value is -1.75. The van der Waals surface area contributed by atoms with Gasteiger partial charge < -0.3 is 4.90 Å². The lowest BCUT2D eigenvalue weighted by Gasteiger charge is -2.46. The van der Waals surface area contributed by atoms with Gasteiger partial charge in [0.1, 0.15) is 6.33 Å². The van der Waals surface area contributed by atoms with Gasteiger partial charge in [-0.1, -0.05) is 6.42 Å². The molecule has 0 saturated carbocycles. The molecule has 2 bridgehead atoms. The zero-order valence-corrected chi connectivity index (χ0v) is 12.3. The summed E-state index contributed by atoms with van der Waals surface area (Å²) < 4.78 is 1.82. The van der Waals surface area contributed by atoms with Crippen molar-refractivity contribution in [2.45, 2.75) is 44.2 Å². The smallest absolute Gasteiger partial charge is 0.167 e. The Labute approximate surface area is 124 Å². The Morgan fingerprint density at radius 1 is 1.24 bits per heavy atom. The molecule has 2 saturated heterocycles. The molecule has 2 aromatic heterocycles. The van der Waals surface area contributed by atoms with Crippen LogP contribution in [-0.4, -0.2) is 44.4 Å². The molecule has 2 aromatic rings. The van der Waals surface area contributed by atoms with Gasteiger partial charge >= 0.3 is 0 Å². The van der Waals surface area contributed by atoms with Crippen LogP contribution in [0, 0.1) is 5.92 Å². The fourth-order valence-electron chi connectivity index (χ4n) is 4.04. The molecule has 5 heteroatoms. The Morgan fingerprint density at radius 3 is 2.76 bits per heavy atom. The quantitative estimate of drug-likeness (QED) is 0.793. The third kappa shape index (κ3) is 2.16. The molecule has 0 aliphatic carbocycles. The van der Waals surface area contributed by atoms with Crippen LogP contribution in [0.15, 0.2) is 24.7 Å². The van der Waals surface area contributed by atoms with Crippen LogP contribution >= 0.6 is 0 Å². The minimum atomic E-state index is 0.172. The molecule has 2 fully saturated rings. The molecule has 0 radical (unpaired) electrons. The van der Waals surface area contributed by atoms with Crippen LogP contribution in [0.2, 0.25) is 0 Å². The van der Waals surface area contributed by atoms with E-state index in [4.69, 9.17) is 0 Å². The molecule has 4 rings (SSSR count). The molecule has 2 atom stereocenters. The summed E-state index contributed by atoms with van der Waals surface area (Å²) in [5, 5.41) is 7.85. The van der Waals surface area contributed by atoms with Gasteiger partial charge in [0.2, 0.25) is 0 Å². The average molecular weight is 284 g/mol. The predicted molar refractivity (Wildman–Crippen MR) is 79.2 cm³/mol. The summed E-state index contributed by atoms with van der Waals surface area (Å²) in [7, 11) is 2.22. The molecule has 0 amide bonds. The Balaban J connectivity index is 1.59. The van der Waals surface area contributed by atoms with Gasteiger partial charge in [0, 0.05) is 29.8 Å². The first-order valence-corrected chi connectivity index (χ1v) is 7.78. The molecule has 2 unspecified atom stereocenters. The highest BCUT2D eigenvalue weighted by Crippen LogP contribution is 2.37. The maximum Gasteiger partial charge on any atom is 0.167 e. The summed E-state index contributed by atoms with van der Waals surface area (Å²) >= 11 is 0. The SMILES string of the molecule is CN1C2CCCC1CC(C(=O)c1ccc3nncn3c1)C2. The lowest BCUT2D eigenvalue weighted by Crippen LogP contribution is -2.51. The van der Waals surface area contributed by atoms with Crippen molar-refractivity contribution in [2.75, 3.05) is 7.05 Å². The molecule has 21 heavy (non-hydrogen) atoms. The zero-order valence-electron chi connectivity index (χ0n) is 12.3. The van der Waals surface area contributed by atoms with E-state index in [-0.39, 0.29) is 11.7 Å². The van der Waals surface area contributed by atoms with Gasteiger partial charge in [-0.25, -0.2) is 0 Å². The topological polar surface area (TPSA) is 50.5 Å². The van der Waals surface area contributed by atoms with Crippen LogP contribution in [0.5, 0.6) is 0 Å². The second-order valence-corrected chi connectivity index (χ2v) is 6.45. The van der Waals surface area contributed by atoms with Gasteiger partial charge in [0.15, 0.2) is 11.4 Å². The standard InChI is InChI=1S/C16H20N4O/c1-19-13-3-2-4-14(19)8-12(7-13)16(21)11-5-6-15-18-17-10-20(15)9-11/h5-6,9-10,12-14H,2-4,7-8H2,1H3. The zero-order chi connectivity index (χ0) is 14.4. The first kappa shape index (κ1) is 13.0. The van der Waals surface area contributed by atoms with Crippen LogP contribution in [0.3, 0.4) is 0 Å². The second-order valence-electron chi connectivity index (χ2n) is 6.45. The predicted octanol–water partition coefficient (Wildman–Crippen LogP) is 2.17. The van der Waals surface area contributed by atoms with E-state index in [1.165, 1.54) is 19.3 Å². The molecule has 0 N–H and O–H groups in total. The van der Waals surface area contributed by atoms with E-state index < -0.39 is 0 Å².